The number of nitrogens with two attached hydrogens (primary N) is 1. The predicted molar refractivity (Wildman–Crippen MR) is 70.4 cm³/mol. The maximum absolute atomic E-state index is 12.2. The highest BCUT2D eigenvalue weighted by atomic mass is 16.3. The summed E-state index contributed by atoms with van der Waals surface area (Å²) >= 11 is 0. The van der Waals surface area contributed by atoms with Crippen LogP contribution in [0.25, 0.3) is 0 Å². The number of hydrogen-bond acceptors (Lipinski definition) is 4. The molecule has 3 rings (SSSR count). The van der Waals surface area contributed by atoms with Gasteiger partial charge < -0.3 is 9.32 Å². The molecule has 0 unspecified atom stereocenters. The average Bonchev–Trinajstić information content (AvgIpc) is 3.05. The minimum absolute atomic E-state index is 0.0408. The van der Waals surface area contributed by atoms with Crippen LogP contribution >= 0.6 is 0 Å². The van der Waals surface area contributed by atoms with Gasteiger partial charge in [0.1, 0.15) is 0 Å². The Balaban J connectivity index is 1.83. The highest BCUT2D eigenvalue weighted by Gasteiger charge is 2.28. The van der Waals surface area contributed by atoms with E-state index in [-0.39, 0.29) is 11.7 Å². The van der Waals surface area contributed by atoms with Crippen LogP contribution < -0.4 is 11.3 Å². The number of carbonyl (C=O) groups excluding carboxylic acids is 2. The molecule has 0 bridgehead atoms. The van der Waals surface area contributed by atoms with E-state index in [2.05, 4.69) is 0 Å². The monoisotopic (exact) mass is 271 g/mol. The van der Waals surface area contributed by atoms with Crippen molar-refractivity contribution < 1.29 is 14.0 Å². The number of carbonyl (C=O) groups is 2. The molecule has 102 valence electrons. The fraction of sp³-hybridized carbons (Fsp3) is 0.143. The normalized spacial score (nSPS) is 13.4. The van der Waals surface area contributed by atoms with Gasteiger partial charge >= 0.3 is 5.91 Å². The Morgan fingerprint density at radius 3 is 2.90 bits per heavy atom. The Morgan fingerprint density at radius 2 is 2.15 bits per heavy atom. The lowest BCUT2D eigenvalue weighted by Gasteiger charge is -2.15. The number of benzene rings is 1. The molecule has 2 heterocycles. The van der Waals surface area contributed by atoms with Gasteiger partial charge in [0, 0.05) is 17.7 Å². The van der Waals surface area contributed by atoms with Crippen LogP contribution in [0.2, 0.25) is 0 Å². The van der Waals surface area contributed by atoms with Crippen LogP contribution in [-0.4, -0.2) is 16.7 Å². The lowest BCUT2D eigenvalue weighted by atomic mass is 10.1. The van der Waals surface area contributed by atoms with Crippen LogP contribution in [0.5, 0.6) is 0 Å². The molecule has 20 heavy (non-hydrogen) atoms. The third kappa shape index (κ3) is 1.96. The number of rotatable bonds is 3. The third-order valence-electron chi connectivity index (χ3n) is 3.34. The van der Waals surface area contributed by atoms with Gasteiger partial charge in [0.25, 0.3) is 5.91 Å². The van der Waals surface area contributed by atoms with Gasteiger partial charge in [-0.05, 0) is 17.7 Å². The van der Waals surface area contributed by atoms with E-state index < -0.39 is 5.91 Å². The summed E-state index contributed by atoms with van der Waals surface area (Å²) in [5.74, 6) is 4.69. The van der Waals surface area contributed by atoms with Crippen LogP contribution in [0.1, 0.15) is 32.0 Å². The topological polar surface area (TPSA) is 88.6 Å². The summed E-state index contributed by atoms with van der Waals surface area (Å²) in [5.41, 5.74) is 4.36. The maximum atomic E-state index is 12.2. The Kier molecular flexibility index (Phi) is 3.00. The first-order chi connectivity index (χ1) is 9.70. The van der Waals surface area contributed by atoms with Crippen molar-refractivity contribution in [1.82, 2.24) is 10.3 Å². The van der Waals surface area contributed by atoms with Crippen LogP contribution in [0.4, 0.5) is 0 Å². The number of nitrogens with one attached hydrogen (secondary N) is 1. The van der Waals surface area contributed by atoms with Gasteiger partial charge in [-0.15, -0.1) is 0 Å². The Morgan fingerprint density at radius 1 is 1.35 bits per heavy atom. The molecule has 6 heteroatoms. The lowest BCUT2D eigenvalue weighted by molar-refractivity contribution is 0.0762. The van der Waals surface area contributed by atoms with Crippen molar-refractivity contribution in [3.8, 4) is 0 Å². The highest BCUT2D eigenvalue weighted by Crippen LogP contribution is 2.25. The standard InChI is InChI=1S/C14H13N3O3/c15-16-13(18)12-10(5-6-20-12)8-17-7-9-3-1-2-4-11(9)14(17)19/h1-6H,7-8,15H2,(H,16,18). The molecule has 2 aromatic rings. The third-order valence-corrected chi connectivity index (χ3v) is 3.34. The second kappa shape index (κ2) is 4.82. The first kappa shape index (κ1) is 12.4. The summed E-state index contributed by atoms with van der Waals surface area (Å²) < 4.78 is 5.11. The van der Waals surface area contributed by atoms with E-state index in [1.165, 1.54) is 6.26 Å². The van der Waals surface area contributed by atoms with E-state index in [9.17, 15) is 9.59 Å². The molecule has 1 aromatic carbocycles. The number of fused-ring (bicyclic) bond motifs is 1. The highest BCUT2D eigenvalue weighted by molar-refractivity contribution is 5.98. The fourth-order valence-electron chi connectivity index (χ4n) is 2.37. The molecule has 2 amide bonds. The molecule has 0 saturated heterocycles. The van der Waals surface area contributed by atoms with Gasteiger partial charge in [-0.25, -0.2) is 5.84 Å². The number of furan rings is 1. The van der Waals surface area contributed by atoms with E-state index in [0.29, 0.717) is 24.2 Å². The van der Waals surface area contributed by atoms with Crippen molar-refractivity contribution >= 4 is 11.8 Å². The SMILES string of the molecule is NNC(=O)c1occc1CN1Cc2ccccc2C1=O. The molecule has 0 radical (unpaired) electrons. The van der Waals surface area contributed by atoms with Crippen molar-refractivity contribution in [3.63, 3.8) is 0 Å². The Bertz CT molecular complexity index is 678. The second-order valence-electron chi connectivity index (χ2n) is 4.57. The number of hydrogen-bond donors (Lipinski definition) is 2. The van der Waals surface area contributed by atoms with Gasteiger partial charge in [-0.1, -0.05) is 18.2 Å². The van der Waals surface area contributed by atoms with E-state index in [4.69, 9.17) is 10.3 Å². The van der Waals surface area contributed by atoms with Crippen LogP contribution in [0.15, 0.2) is 41.0 Å². The zero-order chi connectivity index (χ0) is 14.1. The predicted octanol–water partition coefficient (Wildman–Crippen LogP) is 1.04. The Labute approximate surface area is 115 Å². The van der Waals surface area contributed by atoms with E-state index in [1.807, 2.05) is 23.6 Å². The van der Waals surface area contributed by atoms with Gasteiger partial charge in [0.05, 0.1) is 12.8 Å². The number of nitrogen functional groups attached to an aromatic ring is 1. The molecule has 0 atom stereocenters. The van der Waals surface area contributed by atoms with Crippen molar-refractivity contribution in [1.29, 1.82) is 0 Å². The Hall–Kier alpha value is -2.60. The zero-order valence-electron chi connectivity index (χ0n) is 10.6. The molecule has 1 aromatic heterocycles. The summed E-state index contributed by atoms with van der Waals surface area (Å²) in [7, 11) is 0. The summed E-state index contributed by atoms with van der Waals surface area (Å²) in [5, 5.41) is 0. The van der Waals surface area contributed by atoms with Crippen molar-refractivity contribution in [2.24, 2.45) is 5.84 Å². The first-order valence-corrected chi connectivity index (χ1v) is 6.15. The lowest BCUT2D eigenvalue weighted by Crippen LogP contribution is -2.31. The number of nitrogens with zero attached hydrogens (tertiary/aromatic N) is 1. The zero-order valence-corrected chi connectivity index (χ0v) is 10.6. The largest absolute Gasteiger partial charge is 0.459 e. The molecular formula is C14H13N3O3. The molecule has 1 aliphatic heterocycles. The molecule has 0 saturated carbocycles. The summed E-state index contributed by atoms with van der Waals surface area (Å²) in [6.07, 6.45) is 1.41. The number of hydrazine groups is 1. The molecular weight excluding hydrogens is 258 g/mol. The maximum Gasteiger partial charge on any atom is 0.301 e. The first-order valence-electron chi connectivity index (χ1n) is 6.15. The second-order valence-corrected chi connectivity index (χ2v) is 4.57. The van der Waals surface area contributed by atoms with E-state index in [1.54, 1.807) is 17.0 Å². The summed E-state index contributed by atoms with van der Waals surface area (Å²) in [6, 6.07) is 9.14. The minimum atomic E-state index is -0.505. The summed E-state index contributed by atoms with van der Waals surface area (Å²) in [4.78, 5) is 25.4. The van der Waals surface area contributed by atoms with Gasteiger partial charge in [-0.2, -0.15) is 0 Å². The molecule has 0 aliphatic carbocycles. The van der Waals surface area contributed by atoms with E-state index >= 15 is 0 Å². The van der Waals surface area contributed by atoms with Gasteiger partial charge in [0.15, 0.2) is 5.76 Å². The summed E-state index contributed by atoms with van der Waals surface area (Å²) in [6.45, 7) is 0.844. The van der Waals surface area contributed by atoms with E-state index in [0.717, 1.165) is 5.56 Å². The molecule has 6 nitrogen and oxygen atoms in total. The van der Waals surface area contributed by atoms with Crippen molar-refractivity contribution in [3.05, 3.63) is 59.0 Å². The average molecular weight is 271 g/mol. The van der Waals surface area contributed by atoms with Gasteiger partial charge in [-0.3, -0.25) is 15.0 Å². The smallest absolute Gasteiger partial charge is 0.301 e. The molecule has 0 spiro atoms. The molecule has 0 fully saturated rings. The molecule has 3 N–H and O–H groups in total. The van der Waals surface area contributed by atoms with Crippen LogP contribution in [0, 0.1) is 0 Å². The van der Waals surface area contributed by atoms with Crippen LogP contribution in [-0.2, 0) is 13.1 Å². The number of amides is 2. The minimum Gasteiger partial charge on any atom is -0.459 e. The molecule has 1 aliphatic rings. The fourth-order valence-corrected chi connectivity index (χ4v) is 2.37. The quantitative estimate of drug-likeness (QED) is 0.496. The van der Waals surface area contributed by atoms with Crippen molar-refractivity contribution in [2.75, 3.05) is 0 Å². The van der Waals surface area contributed by atoms with Crippen molar-refractivity contribution in [2.45, 2.75) is 13.1 Å². The van der Waals surface area contributed by atoms with Gasteiger partial charge in [0.2, 0.25) is 0 Å². The van der Waals surface area contributed by atoms with Crippen LogP contribution in [0.3, 0.4) is 0 Å².